The summed E-state index contributed by atoms with van der Waals surface area (Å²) >= 11 is 0. The first-order valence-corrected chi connectivity index (χ1v) is 27.6. The van der Waals surface area contributed by atoms with Gasteiger partial charge in [0.15, 0.2) is 11.6 Å². The molecule has 0 bridgehead atoms. The van der Waals surface area contributed by atoms with Gasteiger partial charge < -0.3 is 9.13 Å². The lowest BCUT2D eigenvalue weighted by Gasteiger charge is -2.27. The van der Waals surface area contributed by atoms with Crippen LogP contribution in [0.5, 0.6) is 0 Å². The second-order valence-corrected chi connectivity index (χ2v) is 22.5. The Balaban J connectivity index is 1.30. The molecule has 15 aromatic rings. The van der Waals surface area contributed by atoms with Crippen molar-refractivity contribution >= 4 is 87.2 Å². The molecule has 6 aromatic heterocycles. The van der Waals surface area contributed by atoms with Crippen LogP contribution in [0.3, 0.4) is 0 Å². The van der Waals surface area contributed by atoms with Gasteiger partial charge in [-0.25, -0.2) is 4.98 Å². The van der Waals surface area contributed by atoms with Crippen molar-refractivity contribution in [2.75, 3.05) is 0 Å². The molecule has 6 heterocycles. The first kappa shape index (κ1) is 46.8. The van der Waals surface area contributed by atoms with Crippen molar-refractivity contribution in [2.24, 2.45) is 0 Å². The Kier molecular flexibility index (Phi) is 10.2. The molecule has 0 unspecified atom stereocenters. The van der Waals surface area contributed by atoms with Crippen molar-refractivity contribution in [3.05, 3.63) is 238 Å². The van der Waals surface area contributed by atoms with Gasteiger partial charge >= 0.3 is 0 Å². The molecule has 0 aliphatic carbocycles. The second-order valence-electron chi connectivity index (χ2n) is 22.5. The summed E-state index contributed by atoms with van der Waals surface area (Å²) in [7, 11) is 0. The van der Waals surface area contributed by atoms with Crippen LogP contribution in [-0.2, 0) is 0 Å². The summed E-state index contributed by atoms with van der Waals surface area (Å²) in [6, 6.07) is 70.9. The predicted molar refractivity (Wildman–Crippen MR) is 333 cm³/mol. The van der Waals surface area contributed by atoms with Crippen LogP contribution in [0.1, 0.15) is 50.2 Å². The van der Waals surface area contributed by atoms with E-state index in [4.69, 9.17) is 9.97 Å². The molecule has 6 nitrogen and oxygen atoms in total. The maximum Gasteiger partial charge on any atom is 0.165 e. The van der Waals surface area contributed by atoms with Crippen LogP contribution in [0.15, 0.2) is 188 Å². The highest BCUT2D eigenvalue weighted by atomic mass is 15.2. The van der Waals surface area contributed by atoms with E-state index in [1.165, 1.54) is 87.6 Å². The molecule has 0 spiro atoms. The van der Waals surface area contributed by atoms with Crippen molar-refractivity contribution in [3.8, 4) is 45.4 Å². The van der Waals surface area contributed by atoms with Crippen LogP contribution in [-0.4, -0.2) is 28.2 Å². The third-order valence-electron chi connectivity index (χ3n) is 16.6. The molecule has 0 saturated heterocycles. The summed E-state index contributed by atoms with van der Waals surface area (Å²) in [4.78, 5) is 11.9. The first-order valence-electron chi connectivity index (χ1n) is 27.6. The zero-order chi connectivity index (χ0) is 53.7. The maximum absolute atomic E-state index is 6.53. The molecule has 0 atom stereocenters. The topological polar surface area (TPSA) is 45.5 Å². The number of benzene rings is 9. The molecule has 380 valence electrons. The molecule has 0 N–H and O–H groups in total. The van der Waals surface area contributed by atoms with Crippen molar-refractivity contribution in [1.29, 1.82) is 0 Å². The fourth-order valence-electron chi connectivity index (χ4n) is 13.1. The molecule has 0 aliphatic heterocycles. The smallest absolute Gasteiger partial charge is 0.165 e. The van der Waals surface area contributed by atoms with Crippen LogP contribution < -0.4 is 0 Å². The quantitative estimate of drug-likeness (QED) is 0.167. The van der Waals surface area contributed by atoms with E-state index >= 15 is 0 Å². The molecular weight excluding hydrogens is 961 g/mol. The third kappa shape index (κ3) is 7.03. The molecular formula is C73H58N6. The summed E-state index contributed by atoms with van der Waals surface area (Å²) in [6.07, 6.45) is 0. The van der Waals surface area contributed by atoms with Crippen molar-refractivity contribution in [1.82, 2.24) is 28.2 Å². The average Bonchev–Trinajstić information content (AvgIpc) is 3.85. The minimum Gasteiger partial charge on any atom is -0.305 e. The Bertz CT molecular complexity index is 4620. The van der Waals surface area contributed by atoms with Crippen LogP contribution in [0.2, 0.25) is 0 Å². The summed E-state index contributed by atoms with van der Waals surface area (Å²) in [6.45, 7) is 19.7. The molecule has 0 amide bonds. The largest absolute Gasteiger partial charge is 0.305 e. The highest BCUT2D eigenvalue weighted by molar-refractivity contribution is 6.16. The van der Waals surface area contributed by atoms with Crippen LogP contribution >= 0.6 is 0 Å². The number of hydrogen-bond donors (Lipinski definition) is 0. The van der Waals surface area contributed by atoms with Gasteiger partial charge in [-0.15, -0.1) is 0 Å². The van der Waals surface area contributed by atoms with E-state index in [2.05, 4.69) is 269 Å². The summed E-state index contributed by atoms with van der Waals surface area (Å²) in [5.41, 5.74) is 25.3. The molecule has 15 rings (SSSR count). The minimum absolute atomic E-state index is 0.815. The van der Waals surface area contributed by atoms with E-state index in [1.807, 2.05) is 0 Å². The molecule has 6 heteroatoms. The summed E-state index contributed by atoms with van der Waals surface area (Å²) < 4.78 is 10.1. The maximum atomic E-state index is 6.53. The lowest BCUT2D eigenvalue weighted by atomic mass is 9.93. The van der Waals surface area contributed by atoms with Crippen molar-refractivity contribution < 1.29 is 0 Å². The van der Waals surface area contributed by atoms with Gasteiger partial charge in [-0.2, -0.15) is 0 Å². The van der Waals surface area contributed by atoms with Gasteiger partial charge in [-0.1, -0.05) is 123 Å². The van der Waals surface area contributed by atoms with Gasteiger partial charge in [0.25, 0.3) is 0 Å². The SMILES string of the molecule is Cc1ccc2c(c1)c1cc(C)ccc1n2-c1nc(-n2c3ccc(C)cc3c3cc(C)ccc32)c(-n2c3ccc(C)cc3c3cc(C)ccc32)c(-c2ccccc2-c2cccc(C)n2)c1-n1c2ccc(C)cc2c2cc(C)ccc21. The van der Waals surface area contributed by atoms with Crippen LogP contribution in [0, 0.1) is 62.3 Å². The number of rotatable bonds is 6. The van der Waals surface area contributed by atoms with E-state index in [-0.39, 0.29) is 0 Å². The number of pyridine rings is 2. The average molecular weight is 1020 g/mol. The van der Waals surface area contributed by atoms with E-state index in [0.717, 1.165) is 95.2 Å². The van der Waals surface area contributed by atoms with E-state index in [9.17, 15) is 0 Å². The Hall–Kier alpha value is -9.52. The van der Waals surface area contributed by atoms with Crippen LogP contribution in [0.4, 0.5) is 0 Å². The zero-order valence-corrected chi connectivity index (χ0v) is 46.1. The van der Waals surface area contributed by atoms with E-state index in [0.29, 0.717) is 0 Å². The summed E-state index contributed by atoms with van der Waals surface area (Å²) in [5.74, 6) is 1.63. The lowest BCUT2D eigenvalue weighted by molar-refractivity contribution is 0.960. The lowest BCUT2D eigenvalue weighted by Crippen LogP contribution is -2.16. The molecule has 0 radical (unpaired) electrons. The molecule has 79 heavy (non-hydrogen) atoms. The molecule has 9 aromatic carbocycles. The number of aryl methyl sites for hydroxylation is 9. The molecule has 0 saturated carbocycles. The van der Waals surface area contributed by atoms with Crippen molar-refractivity contribution in [2.45, 2.75) is 62.3 Å². The number of aromatic nitrogens is 6. The highest BCUT2D eigenvalue weighted by Crippen LogP contribution is 2.51. The predicted octanol–water partition coefficient (Wildman–Crippen LogP) is 19.0. The van der Waals surface area contributed by atoms with Crippen LogP contribution in [0.25, 0.3) is 133 Å². The van der Waals surface area contributed by atoms with Gasteiger partial charge in [-0.3, -0.25) is 14.1 Å². The summed E-state index contributed by atoms with van der Waals surface area (Å²) in [5, 5.41) is 9.52. The highest BCUT2D eigenvalue weighted by Gasteiger charge is 2.34. The molecule has 0 fully saturated rings. The molecule has 0 aliphatic rings. The fraction of sp³-hybridized carbons (Fsp3) is 0.123. The van der Waals surface area contributed by atoms with E-state index in [1.54, 1.807) is 0 Å². The Morgan fingerprint density at radius 3 is 0.823 bits per heavy atom. The number of nitrogens with zero attached hydrogens (tertiary/aromatic N) is 6. The monoisotopic (exact) mass is 1020 g/mol. The second kappa shape index (κ2) is 17.2. The number of fused-ring (bicyclic) bond motifs is 12. The van der Waals surface area contributed by atoms with E-state index < -0.39 is 0 Å². The van der Waals surface area contributed by atoms with Gasteiger partial charge in [-0.05, 0) is 177 Å². The van der Waals surface area contributed by atoms with Gasteiger partial charge in [0.05, 0.1) is 49.8 Å². The minimum atomic E-state index is 0.815. The Morgan fingerprint density at radius 2 is 0.532 bits per heavy atom. The normalized spacial score (nSPS) is 12.1. The van der Waals surface area contributed by atoms with Crippen molar-refractivity contribution in [3.63, 3.8) is 0 Å². The Morgan fingerprint density at radius 1 is 0.253 bits per heavy atom. The van der Waals surface area contributed by atoms with Gasteiger partial charge in [0.2, 0.25) is 0 Å². The standard InChI is InChI=1S/C73H58N6/c1-41-17-25-61-52(33-41)53-34-42(2)18-26-62(53)76(61)70-69(51-15-11-10-14-50(51)60-16-12-13-49(9)74-60)71(77-63-27-19-43(3)35-54(63)55-36-44(4)20-28-64(55)77)73(79-67-31-23-47(7)39-58(67)59-40-48(8)24-32-68(59)79)75-72(70)78-65-29-21-45(5)37-56(65)57-38-46(6)22-30-66(57)78/h10-40H,1-9H3. The Labute approximate surface area is 459 Å². The van der Waals surface area contributed by atoms with Gasteiger partial charge in [0, 0.05) is 59.9 Å². The zero-order valence-electron chi connectivity index (χ0n) is 46.1. The van der Waals surface area contributed by atoms with Gasteiger partial charge in [0.1, 0.15) is 11.4 Å². The fourth-order valence-corrected chi connectivity index (χ4v) is 13.1. The number of hydrogen-bond acceptors (Lipinski definition) is 2. The first-order chi connectivity index (χ1) is 38.4. The third-order valence-corrected chi connectivity index (χ3v) is 16.6.